The molecule has 0 saturated heterocycles. The Morgan fingerprint density at radius 3 is 1.31 bits per heavy atom. The summed E-state index contributed by atoms with van der Waals surface area (Å²) in [6.07, 6.45) is 24.4. The lowest BCUT2D eigenvalue weighted by Crippen LogP contribution is -2.01. The summed E-state index contributed by atoms with van der Waals surface area (Å²) in [4.78, 5) is 19.2. The molecule has 5 heterocycles. The molecule has 2 aliphatic heterocycles. The van der Waals surface area contributed by atoms with Crippen molar-refractivity contribution in [1.29, 1.82) is 0 Å². The monoisotopic (exact) mass is 622 g/mol. The molecule has 0 amide bonds. The highest BCUT2D eigenvalue weighted by Crippen LogP contribution is 2.53. The Kier molecular flexibility index (Phi) is 4.67. The molecular weight excluding hydrogens is 585 g/mol. The highest BCUT2D eigenvalue weighted by Gasteiger charge is 2.37. The van der Waals surface area contributed by atoms with Crippen molar-refractivity contribution in [1.82, 2.24) is 19.9 Å². The van der Waals surface area contributed by atoms with Crippen LogP contribution in [0.5, 0.6) is 0 Å². The molecule has 0 spiro atoms. The zero-order chi connectivity index (χ0) is 30.8. The molecule has 10 aliphatic rings. The first-order valence-corrected chi connectivity index (χ1v) is 18.7. The molecule has 0 radical (unpaired) electrons. The number of hydrogen-bond acceptors (Lipinski definition) is 2. The average molecular weight is 623 g/mol. The molecule has 13 rings (SSSR count). The van der Waals surface area contributed by atoms with Gasteiger partial charge in [-0.25, -0.2) is 9.97 Å². The van der Waals surface area contributed by atoms with E-state index in [1.165, 1.54) is 141 Å². The lowest BCUT2D eigenvalue weighted by Gasteiger charge is -2.16. The van der Waals surface area contributed by atoms with Gasteiger partial charge in [0, 0.05) is 45.7 Å². The fourth-order valence-corrected chi connectivity index (χ4v) is 11.8. The highest BCUT2D eigenvalue weighted by atomic mass is 14.8. The van der Waals surface area contributed by atoms with E-state index in [9.17, 15) is 0 Å². The number of aromatic amines is 2. The van der Waals surface area contributed by atoms with Crippen molar-refractivity contribution in [2.45, 2.75) is 88.9 Å². The Hall–Kier alpha value is -4.44. The molecule has 2 N–H and O–H groups in total. The van der Waals surface area contributed by atoms with Gasteiger partial charge in [-0.05, 0) is 146 Å². The molecule has 3 aromatic rings. The Balaban J connectivity index is 1.16. The third-order valence-corrected chi connectivity index (χ3v) is 13.8. The standard InChI is InChI=1S/C44H38N4/c1-5-25-9-21(1)13-29-33-17-38-42-26-6-2-23(10-26)15-31(42)35(47-38)19-40-44-28-8-4-24(12-28)16-32(44)36(48-40)20-39-43-27-7-3-22(11-27)14-30(43)34(46-39)18-37(45-33)41(25)29/h9-12,17-20,25-28,45,48H,1-8,13-16H2. The van der Waals surface area contributed by atoms with Gasteiger partial charge < -0.3 is 9.97 Å². The topological polar surface area (TPSA) is 57.4 Å². The molecule has 4 atom stereocenters. The van der Waals surface area contributed by atoms with E-state index in [4.69, 9.17) is 9.97 Å². The molecule has 234 valence electrons. The first kappa shape index (κ1) is 25.6. The van der Waals surface area contributed by atoms with Crippen LogP contribution in [-0.2, 0) is 12.8 Å². The number of fused-ring (bicyclic) bond motifs is 26. The van der Waals surface area contributed by atoms with Crippen LogP contribution in [0.15, 0.2) is 70.9 Å². The third-order valence-electron chi connectivity index (χ3n) is 13.8. The van der Waals surface area contributed by atoms with Crippen LogP contribution in [0.25, 0.3) is 44.4 Å². The largest absolute Gasteiger partial charge is 0.355 e. The van der Waals surface area contributed by atoms with Crippen LogP contribution in [0.4, 0.5) is 0 Å². The fraction of sp³-hybridized carbons (Fsp3) is 0.364. The van der Waals surface area contributed by atoms with Gasteiger partial charge in [0.15, 0.2) is 0 Å². The molecule has 48 heavy (non-hydrogen) atoms. The first-order chi connectivity index (χ1) is 23.7. The van der Waals surface area contributed by atoms with Crippen molar-refractivity contribution in [2.24, 2.45) is 11.8 Å². The van der Waals surface area contributed by atoms with Gasteiger partial charge in [-0.1, -0.05) is 46.6 Å². The van der Waals surface area contributed by atoms with Gasteiger partial charge in [0.1, 0.15) is 0 Å². The Labute approximate surface area is 280 Å². The lowest BCUT2D eigenvalue weighted by atomic mass is 9.86. The lowest BCUT2D eigenvalue weighted by molar-refractivity contribution is 0.787. The van der Waals surface area contributed by atoms with Crippen LogP contribution in [0.3, 0.4) is 0 Å². The van der Waals surface area contributed by atoms with E-state index in [-0.39, 0.29) is 0 Å². The van der Waals surface area contributed by atoms with Crippen LogP contribution in [0.1, 0.15) is 121 Å². The van der Waals surface area contributed by atoms with Crippen LogP contribution >= 0.6 is 0 Å². The number of hydrogen-bond donors (Lipinski definition) is 2. The average Bonchev–Trinajstić information content (AvgIpc) is 3.96. The second kappa shape index (κ2) is 8.77. The van der Waals surface area contributed by atoms with Gasteiger partial charge >= 0.3 is 0 Å². The van der Waals surface area contributed by atoms with Crippen LogP contribution in [0.2, 0.25) is 0 Å². The number of nitrogens with zero attached hydrogens (tertiary/aromatic N) is 2. The van der Waals surface area contributed by atoms with Gasteiger partial charge in [-0.2, -0.15) is 0 Å². The summed E-state index contributed by atoms with van der Waals surface area (Å²) in [5.41, 5.74) is 28.3. The molecule has 4 nitrogen and oxygen atoms in total. The molecule has 3 aromatic heterocycles. The summed E-state index contributed by atoms with van der Waals surface area (Å²) in [5.74, 6) is 1.99. The molecule has 0 fully saturated rings. The van der Waals surface area contributed by atoms with Crippen molar-refractivity contribution >= 4 is 44.4 Å². The van der Waals surface area contributed by atoms with Gasteiger partial charge in [0.05, 0.1) is 22.8 Å². The van der Waals surface area contributed by atoms with Crippen molar-refractivity contribution in [3.8, 4) is 0 Å². The summed E-state index contributed by atoms with van der Waals surface area (Å²) in [7, 11) is 0. The predicted octanol–water partition coefficient (Wildman–Crippen LogP) is 10.3. The van der Waals surface area contributed by atoms with Gasteiger partial charge in [-0.3, -0.25) is 0 Å². The first-order valence-electron chi connectivity index (χ1n) is 18.7. The summed E-state index contributed by atoms with van der Waals surface area (Å²) in [6.45, 7) is 0. The van der Waals surface area contributed by atoms with E-state index in [0.717, 1.165) is 25.7 Å². The maximum atomic E-state index is 5.57. The Morgan fingerprint density at radius 1 is 0.438 bits per heavy atom. The van der Waals surface area contributed by atoms with E-state index in [1.54, 1.807) is 22.3 Å². The summed E-state index contributed by atoms with van der Waals surface area (Å²) < 4.78 is 0. The number of nitrogens with one attached hydrogen (secondary N) is 2. The molecule has 4 heteroatoms. The second-order valence-electron chi connectivity index (χ2n) is 16.4. The van der Waals surface area contributed by atoms with Crippen molar-refractivity contribution in [3.05, 3.63) is 116 Å². The third kappa shape index (κ3) is 3.32. The molecule has 16 bridgehead atoms. The van der Waals surface area contributed by atoms with Crippen LogP contribution < -0.4 is 0 Å². The highest BCUT2D eigenvalue weighted by molar-refractivity contribution is 5.99. The number of rotatable bonds is 0. The quantitative estimate of drug-likeness (QED) is 0.245. The Morgan fingerprint density at radius 2 is 0.833 bits per heavy atom. The minimum atomic E-state index is 0.493. The van der Waals surface area contributed by atoms with Gasteiger partial charge in [0.2, 0.25) is 0 Å². The smallest absolute Gasteiger partial charge is 0.0699 e. The maximum Gasteiger partial charge on any atom is 0.0699 e. The fourth-order valence-electron chi connectivity index (χ4n) is 11.8. The summed E-state index contributed by atoms with van der Waals surface area (Å²) in [6, 6.07) is 9.78. The zero-order valence-corrected chi connectivity index (χ0v) is 27.3. The predicted molar refractivity (Wildman–Crippen MR) is 193 cm³/mol. The number of aromatic nitrogens is 4. The normalized spacial score (nSPS) is 28.2. The van der Waals surface area contributed by atoms with Crippen molar-refractivity contribution in [2.75, 3.05) is 0 Å². The minimum Gasteiger partial charge on any atom is -0.355 e. The number of H-pyrrole nitrogens is 2. The van der Waals surface area contributed by atoms with Gasteiger partial charge in [-0.15, -0.1) is 0 Å². The zero-order valence-electron chi connectivity index (χ0n) is 27.3. The maximum absolute atomic E-state index is 5.57. The Bertz CT molecular complexity index is 2310. The van der Waals surface area contributed by atoms with E-state index >= 15 is 0 Å². The molecule has 8 aliphatic carbocycles. The van der Waals surface area contributed by atoms with E-state index in [1.807, 2.05) is 0 Å². The molecule has 4 unspecified atom stereocenters. The van der Waals surface area contributed by atoms with E-state index in [2.05, 4.69) is 58.5 Å². The van der Waals surface area contributed by atoms with Gasteiger partial charge in [0.25, 0.3) is 0 Å². The minimum absolute atomic E-state index is 0.493. The second-order valence-corrected chi connectivity index (χ2v) is 16.4. The summed E-state index contributed by atoms with van der Waals surface area (Å²) in [5, 5.41) is 0. The molecular formula is C44H38N4. The molecule has 0 aromatic carbocycles. The number of allylic oxidation sites excluding steroid dienone is 12. The van der Waals surface area contributed by atoms with Crippen molar-refractivity contribution in [3.63, 3.8) is 0 Å². The summed E-state index contributed by atoms with van der Waals surface area (Å²) >= 11 is 0. The SMILES string of the molecule is C1=C2CCC1C1=C(C2)c2cc3[nH]c(cc4nc(cc5[nH]c(cc1n2)c1c5C2C=C(CC2)C1)C1=C4C2C=C(CC2)C1)c1c3C2C=C(CC2)C1. The van der Waals surface area contributed by atoms with Crippen molar-refractivity contribution < 1.29 is 0 Å². The van der Waals surface area contributed by atoms with Crippen LogP contribution in [0, 0.1) is 11.8 Å². The van der Waals surface area contributed by atoms with E-state index in [0.29, 0.717) is 23.7 Å². The molecule has 0 saturated carbocycles. The van der Waals surface area contributed by atoms with E-state index < -0.39 is 0 Å². The van der Waals surface area contributed by atoms with Crippen LogP contribution in [-0.4, -0.2) is 19.9 Å².